The Bertz CT molecular complexity index is 397. The average Bonchev–Trinajstić information content (AvgIpc) is 2.34. The predicted octanol–water partition coefficient (Wildman–Crippen LogP) is 1.98. The standard InChI is InChI=1S/C13H23N3O2S/c1-8(2)18-13-10(14)5-6-12(16-13)15-9(3)11(7-17)19-4/h5-6,8-9,11,17H,7,14H2,1-4H3,(H,15,16). The van der Waals surface area contributed by atoms with E-state index in [-0.39, 0.29) is 24.0 Å². The molecule has 19 heavy (non-hydrogen) atoms. The van der Waals surface area contributed by atoms with E-state index in [2.05, 4.69) is 10.3 Å². The van der Waals surface area contributed by atoms with Gasteiger partial charge in [0.05, 0.1) is 18.4 Å². The number of pyridine rings is 1. The van der Waals surface area contributed by atoms with E-state index in [9.17, 15) is 5.11 Å². The number of aliphatic hydroxyl groups is 1. The molecule has 0 bridgehead atoms. The molecule has 6 heteroatoms. The van der Waals surface area contributed by atoms with Crippen LogP contribution in [0, 0.1) is 0 Å². The fourth-order valence-corrected chi connectivity index (χ4v) is 2.24. The van der Waals surface area contributed by atoms with Gasteiger partial charge in [-0.2, -0.15) is 16.7 Å². The number of ether oxygens (including phenoxy) is 1. The lowest BCUT2D eigenvalue weighted by molar-refractivity contribution is 0.234. The van der Waals surface area contributed by atoms with Crippen LogP contribution >= 0.6 is 11.8 Å². The summed E-state index contributed by atoms with van der Waals surface area (Å²) in [5.74, 6) is 1.14. The number of thioether (sulfide) groups is 1. The van der Waals surface area contributed by atoms with Crippen LogP contribution < -0.4 is 15.8 Å². The highest BCUT2D eigenvalue weighted by Crippen LogP contribution is 2.23. The summed E-state index contributed by atoms with van der Waals surface area (Å²) < 4.78 is 5.55. The largest absolute Gasteiger partial charge is 0.473 e. The van der Waals surface area contributed by atoms with Gasteiger partial charge in [-0.3, -0.25) is 0 Å². The number of nitrogens with zero attached hydrogens (tertiary/aromatic N) is 1. The fourth-order valence-electron chi connectivity index (χ4n) is 1.61. The van der Waals surface area contributed by atoms with Crippen molar-refractivity contribution in [2.75, 3.05) is 23.9 Å². The van der Waals surface area contributed by atoms with E-state index in [1.54, 1.807) is 17.8 Å². The van der Waals surface area contributed by atoms with Crippen LogP contribution in [0.5, 0.6) is 5.88 Å². The Hall–Kier alpha value is -1.14. The Morgan fingerprint density at radius 2 is 2.11 bits per heavy atom. The molecular formula is C13H23N3O2S. The van der Waals surface area contributed by atoms with Gasteiger partial charge in [0.15, 0.2) is 0 Å². The maximum atomic E-state index is 9.27. The van der Waals surface area contributed by atoms with Crippen molar-refractivity contribution in [3.8, 4) is 5.88 Å². The van der Waals surface area contributed by atoms with Gasteiger partial charge in [0.2, 0.25) is 5.88 Å². The van der Waals surface area contributed by atoms with Crippen molar-refractivity contribution in [1.82, 2.24) is 4.98 Å². The van der Waals surface area contributed by atoms with Crippen molar-refractivity contribution in [2.24, 2.45) is 0 Å². The maximum Gasteiger partial charge on any atom is 0.239 e. The molecule has 2 atom stereocenters. The Balaban J connectivity index is 2.78. The summed E-state index contributed by atoms with van der Waals surface area (Å²) in [6.07, 6.45) is 2.00. The molecule has 0 radical (unpaired) electrons. The number of rotatable bonds is 7. The highest BCUT2D eigenvalue weighted by molar-refractivity contribution is 7.99. The number of hydrogen-bond donors (Lipinski definition) is 3. The molecule has 0 aliphatic rings. The minimum absolute atomic E-state index is 0.0267. The van der Waals surface area contributed by atoms with Crippen molar-refractivity contribution < 1.29 is 9.84 Å². The highest BCUT2D eigenvalue weighted by atomic mass is 32.2. The second kappa shape index (κ2) is 7.45. The maximum absolute atomic E-state index is 9.27. The van der Waals surface area contributed by atoms with E-state index in [0.717, 1.165) is 0 Å². The lowest BCUT2D eigenvalue weighted by Crippen LogP contribution is -2.31. The number of aliphatic hydroxyl groups excluding tert-OH is 1. The molecule has 1 heterocycles. The van der Waals surface area contributed by atoms with Crippen LogP contribution in [0.4, 0.5) is 11.5 Å². The number of nitrogens with one attached hydrogen (secondary N) is 1. The van der Waals surface area contributed by atoms with Gasteiger partial charge in [0, 0.05) is 11.3 Å². The van der Waals surface area contributed by atoms with Crippen LogP contribution in [0.1, 0.15) is 20.8 Å². The SMILES string of the molecule is CSC(CO)C(C)Nc1ccc(N)c(OC(C)C)n1. The molecule has 1 rings (SSSR count). The van der Waals surface area contributed by atoms with Gasteiger partial charge in [-0.1, -0.05) is 0 Å². The van der Waals surface area contributed by atoms with Gasteiger partial charge in [-0.25, -0.2) is 0 Å². The molecule has 0 aliphatic carbocycles. The zero-order valence-corrected chi connectivity index (χ0v) is 12.7. The van der Waals surface area contributed by atoms with Gasteiger partial charge in [0.25, 0.3) is 0 Å². The number of hydrogen-bond acceptors (Lipinski definition) is 6. The van der Waals surface area contributed by atoms with Crippen molar-refractivity contribution in [1.29, 1.82) is 0 Å². The zero-order chi connectivity index (χ0) is 14.4. The van der Waals surface area contributed by atoms with E-state index in [0.29, 0.717) is 17.4 Å². The normalized spacial score (nSPS) is 14.2. The summed E-state index contributed by atoms with van der Waals surface area (Å²) in [7, 11) is 0. The molecule has 0 amide bonds. The smallest absolute Gasteiger partial charge is 0.239 e. The third kappa shape index (κ3) is 4.80. The van der Waals surface area contributed by atoms with Gasteiger partial charge in [-0.15, -0.1) is 0 Å². The summed E-state index contributed by atoms with van der Waals surface area (Å²) in [6, 6.07) is 3.68. The van der Waals surface area contributed by atoms with Gasteiger partial charge in [-0.05, 0) is 39.2 Å². The first-order chi connectivity index (χ1) is 8.97. The van der Waals surface area contributed by atoms with Crippen LogP contribution in [0.3, 0.4) is 0 Å². The van der Waals surface area contributed by atoms with Crippen molar-refractivity contribution in [3.63, 3.8) is 0 Å². The van der Waals surface area contributed by atoms with Crippen LogP contribution in [-0.2, 0) is 0 Å². The van der Waals surface area contributed by atoms with Crippen molar-refractivity contribution in [3.05, 3.63) is 12.1 Å². The van der Waals surface area contributed by atoms with Crippen LogP contribution in [0.15, 0.2) is 12.1 Å². The molecule has 0 aliphatic heterocycles. The molecule has 108 valence electrons. The second-order valence-corrected chi connectivity index (χ2v) is 5.72. The minimum Gasteiger partial charge on any atom is -0.473 e. The van der Waals surface area contributed by atoms with E-state index in [1.165, 1.54) is 0 Å². The lowest BCUT2D eigenvalue weighted by Gasteiger charge is -2.22. The third-order valence-corrected chi connectivity index (χ3v) is 3.82. The molecule has 5 nitrogen and oxygen atoms in total. The van der Waals surface area contributed by atoms with Gasteiger partial charge in [0.1, 0.15) is 5.82 Å². The molecule has 0 fully saturated rings. The number of nitrogens with two attached hydrogens (primary N) is 1. The van der Waals surface area contributed by atoms with Crippen LogP contribution in [-0.4, -0.2) is 40.3 Å². The van der Waals surface area contributed by atoms with Crippen molar-refractivity contribution >= 4 is 23.3 Å². The van der Waals surface area contributed by atoms with E-state index in [1.807, 2.05) is 33.1 Å². The van der Waals surface area contributed by atoms with E-state index >= 15 is 0 Å². The van der Waals surface area contributed by atoms with E-state index < -0.39 is 0 Å². The first-order valence-electron chi connectivity index (χ1n) is 6.31. The average molecular weight is 285 g/mol. The van der Waals surface area contributed by atoms with Crippen LogP contribution in [0.2, 0.25) is 0 Å². The molecule has 2 unspecified atom stereocenters. The predicted molar refractivity (Wildman–Crippen MR) is 81.9 cm³/mol. The fraction of sp³-hybridized carbons (Fsp3) is 0.615. The topological polar surface area (TPSA) is 80.4 Å². The number of nitrogen functional groups attached to an aromatic ring is 1. The van der Waals surface area contributed by atoms with Gasteiger partial charge >= 0.3 is 0 Å². The molecule has 4 N–H and O–H groups in total. The van der Waals surface area contributed by atoms with Crippen molar-refractivity contribution in [2.45, 2.75) is 38.2 Å². The quantitative estimate of drug-likeness (QED) is 0.711. The summed E-state index contributed by atoms with van der Waals surface area (Å²) in [6.45, 7) is 6.00. The molecule has 1 aromatic heterocycles. The van der Waals surface area contributed by atoms with E-state index in [4.69, 9.17) is 10.5 Å². The second-order valence-electron chi connectivity index (χ2n) is 4.65. The minimum atomic E-state index is 0.0267. The summed E-state index contributed by atoms with van der Waals surface area (Å²) >= 11 is 1.62. The van der Waals surface area contributed by atoms with Gasteiger partial charge < -0.3 is 20.9 Å². The monoisotopic (exact) mass is 285 g/mol. The molecule has 1 aromatic rings. The summed E-state index contributed by atoms with van der Waals surface area (Å²) in [5.41, 5.74) is 6.34. The molecule has 0 spiro atoms. The molecule has 0 saturated heterocycles. The third-order valence-electron chi connectivity index (χ3n) is 2.65. The highest BCUT2D eigenvalue weighted by Gasteiger charge is 2.16. The molecular weight excluding hydrogens is 262 g/mol. The zero-order valence-electron chi connectivity index (χ0n) is 11.9. The Morgan fingerprint density at radius 1 is 1.42 bits per heavy atom. The summed E-state index contributed by atoms with van der Waals surface area (Å²) in [4.78, 5) is 4.35. The number of aromatic nitrogens is 1. The molecule has 0 saturated carbocycles. The Kier molecular flexibility index (Phi) is 6.24. The number of anilines is 2. The first-order valence-corrected chi connectivity index (χ1v) is 7.60. The Morgan fingerprint density at radius 3 is 2.63 bits per heavy atom. The lowest BCUT2D eigenvalue weighted by atomic mass is 10.2. The Labute approximate surface area is 118 Å². The first kappa shape index (κ1) is 15.9. The van der Waals surface area contributed by atoms with Crippen LogP contribution in [0.25, 0.3) is 0 Å². The molecule has 0 aromatic carbocycles. The summed E-state index contributed by atoms with van der Waals surface area (Å²) in [5, 5.41) is 12.6.